The minimum absolute atomic E-state index is 0.0702. The predicted molar refractivity (Wildman–Crippen MR) is 97.6 cm³/mol. The number of amides is 1. The standard InChI is InChI=1S/C20H25FN4O/c21-16-6-4-15(5-7-16)20(9-2-10-20)14-23-19(26)18-8-12-25(24-18)17-3-1-11-22-13-17/h4-8,12,17,22H,1-3,9-11,13-14H2,(H,23,26). The topological polar surface area (TPSA) is 59.0 Å². The first-order valence-electron chi connectivity index (χ1n) is 9.46. The third kappa shape index (κ3) is 3.38. The molecule has 2 aliphatic rings. The highest BCUT2D eigenvalue weighted by molar-refractivity contribution is 5.92. The number of hydrogen-bond donors (Lipinski definition) is 2. The van der Waals surface area contributed by atoms with Crippen LogP contribution in [0.5, 0.6) is 0 Å². The Morgan fingerprint density at radius 2 is 2.08 bits per heavy atom. The van der Waals surface area contributed by atoms with Crippen molar-refractivity contribution in [1.82, 2.24) is 20.4 Å². The predicted octanol–water partition coefficient (Wildman–Crippen LogP) is 2.80. The Bertz CT molecular complexity index is 760. The van der Waals surface area contributed by atoms with Crippen LogP contribution in [0.2, 0.25) is 0 Å². The third-order valence-electron chi connectivity index (χ3n) is 5.84. The van der Waals surface area contributed by atoms with Crippen LogP contribution in [0.15, 0.2) is 36.5 Å². The maximum Gasteiger partial charge on any atom is 0.271 e. The van der Waals surface area contributed by atoms with Crippen LogP contribution >= 0.6 is 0 Å². The van der Waals surface area contributed by atoms with Gasteiger partial charge in [-0.1, -0.05) is 18.6 Å². The molecule has 1 aliphatic carbocycles. The number of rotatable bonds is 5. The summed E-state index contributed by atoms with van der Waals surface area (Å²) in [5.74, 6) is -0.365. The molecule has 1 aromatic heterocycles. The highest BCUT2D eigenvalue weighted by atomic mass is 19.1. The highest BCUT2D eigenvalue weighted by Gasteiger charge is 2.39. The summed E-state index contributed by atoms with van der Waals surface area (Å²) in [5.41, 5.74) is 1.49. The summed E-state index contributed by atoms with van der Waals surface area (Å²) in [4.78, 5) is 12.6. The van der Waals surface area contributed by atoms with Crippen LogP contribution in [0.1, 0.15) is 54.2 Å². The van der Waals surface area contributed by atoms with Gasteiger partial charge in [-0.25, -0.2) is 4.39 Å². The van der Waals surface area contributed by atoms with Crippen molar-refractivity contribution in [3.8, 4) is 0 Å². The molecule has 1 aliphatic heterocycles. The molecule has 5 nitrogen and oxygen atoms in total. The van der Waals surface area contributed by atoms with E-state index in [4.69, 9.17) is 0 Å². The minimum atomic E-state index is -0.227. The fourth-order valence-electron chi connectivity index (χ4n) is 4.04. The molecule has 2 heterocycles. The first-order valence-corrected chi connectivity index (χ1v) is 9.46. The average molecular weight is 356 g/mol. The molecule has 6 heteroatoms. The monoisotopic (exact) mass is 356 g/mol. The van der Waals surface area contributed by atoms with Gasteiger partial charge in [0.15, 0.2) is 0 Å². The van der Waals surface area contributed by atoms with Gasteiger partial charge in [0.2, 0.25) is 0 Å². The van der Waals surface area contributed by atoms with E-state index < -0.39 is 0 Å². The van der Waals surface area contributed by atoms with Crippen molar-refractivity contribution >= 4 is 5.91 Å². The lowest BCUT2D eigenvalue weighted by atomic mass is 9.64. The maximum absolute atomic E-state index is 13.2. The second kappa shape index (κ2) is 7.19. The van der Waals surface area contributed by atoms with Crippen molar-refractivity contribution < 1.29 is 9.18 Å². The second-order valence-electron chi connectivity index (χ2n) is 7.50. The highest BCUT2D eigenvalue weighted by Crippen LogP contribution is 2.43. The van der Waals surface area contributed by atoms with Crippen molar-refractivity contribution in [2.75, 3.05) is 19.6 Å². The van der Waals surface area contributed by atoms with E-state index in [1.165, 1.54) is 12.1 Å². The van der Waals surface area contributed by atoms with Crippen LogP contribution < -0.4 is 10.6 Å². The lowest BCUT2D eigenvalue weighted by molar-refractivity contribution is 0.0921. The van der Waals surface area contributed by atoms with Gasteiger partial charge in [0, 0.05) is 24.7 Å². The fraction of sp³-hybridized carbons (Fsp3) is 0.500. The Kier molecular flexibility index (Phi) is 4.76. The Labute approximate surface area is 153 Å². The SMILES string of the molecule is O=C(NCC1(c2ccc(F)cc2)CCC1)c1ccn(C2CCCNC2)n1. The largest absolute Gasteiger partial charge is 0.350 e. The zero-order chi connectivity index (χ0) is 18.0. The van der Waals surface area contributed by atoms with E-state index in [0.717, 1.165) is 50.8 Å². The molecule has 2 N–H and O–H groups in total. The van der Waals surface area contributed by atoms with Gasteiger partial charge < -0.3 is 10.6 Å². The van der Waals surface area contributed by atoms with Crippen LogP contribution in [-0.2, 0) is 5.41 Å². The van der Waals surface area contributed by atoms with Crippen LogP contribution in [0.3, 0.4) is 0 Å². The molecule has 1 saturated heterocycles. The molecular formula is C20H25FN4O. The maximum atomic E-state index is 13.2. The van der Waals surface area contributed by atoms with Gasteiger partial charge in [0.05, 0.1) is 6.04 Å². The molecular weight excluding hydrogens is 331 g/mol. The number of hydrogen-bond acceptors (Lipinski definition) is 3. The Morgan fingerprint density at radius 1 is 1.27 bits per heavy atom. The van der Waals surface area contributed by atoms with Gasteiger partial charge >= 0.3 is 0 Å². The number of carbonyl (C=O) groups excluding carboxylic acids is 1. The molecule has 26 heavy (non-hydrogen) atoms. The zero-order valence-corrected chi connectivity index (χ0v) is 14.9. The van der Waals surface area contributed by atoms with Gasteiger partial charge in [-0.2, -0.15) is 5.10 Å². The molecule has 1 aromatic carbocycles. The van der Waals surface area contributed by atoms with Gasteiger partial charge in [-0.05, 0) is 56.0 Å². The van der Waals surface area contributed by atoms with E-state index >= 15 is 0 Å². The smallest absolute Gasteiger partial charge is 0.271 e. The molecule has 2 aromatic rings. The van der Waals surface area contributed by atoms with Crippen molar-refractivity contribution in [3.63, 3.8) is 0 Å². The minimum Gasteiger partial charge on any atom is -0.350 e. The number of aromatic nitrogens is 2. The molecule has 0 spiro atoms. The number of carbonyl (C=O) groups is 1. The first-order chi connectivity index (χ1) is 12.7. The summed E-state index contributed by atoms with van der Waals surface area (Å²) in [5, 5.41) is 10.9. The lowest BCUT2D eigenvalue weighted by Crippen LogP contribution is -2.45. The summed E-state index contributed by atoms with van der Waals surface area (Å²) >= 11 is 0. The van der Waals surface area contributed by atoms with Crippen molar-refractivity contribution in [1.29, 1.82) is 0 Å². The van der Waals surface area contributed by atoms with E-state index in [1.807, 2.05) is 23.0 Å². The number of halogens is 1. The Balaban J connectivity index is 1.40. The van der Waals surface area contributed by atoms with Gasteiger partial charge in [-0.3, -0.25) is 9.48 Å². The van der Waals surface area contributed by atoms with E-state index in [9.17, 15) is 9.18 Å². The van der Waals surface area contributed by atoms with Crippen molar-refractivity contribution in [3.05, 3.63) is 53.6 Å². The number of nitrogens with one attached hydrogen (secondary N) is 2. The lowest BCUT2D eigenvalue weighted by Gasteiger charge is -2.42. The fourth-order valence-corrected chi connectivity index (χ4v) is 4.04. The molecule has 138 valence electrons. The summed E-state index contributed by atoms with van der Waals surface area (Å²) in [6, 6.07) is 8.78. The third-order valence-corrected chi connectivity index (χ3v) is 5.84. The van der Waals surface area contributed by atoms with E-state index in [0.29, 0.717) is 18.3 Å². The first kappa shape index (κ1) is 17.2. The average Bonchev–Trinajstić information content (AvgIpc) is 3.13. The normalized spacial score (nSPS) is 21.8. The molecule has 2 fully saturated rings. The van der Waals surface area contributed by atoms with E-state index in [2.05, 4.69) is 15.7 Å². The summed E-state index contributed by atoms with van der Waals surface area (Å²) < 4.78 is 15.1. The number of piperidine rings is 1. The zero-order valence-electron chi connectivity index (χ0n) is 14.9. The molecule has 1 unspecified atom stereocenters. The van der Waals surface area contributed by atoms with Crippen molar-refractivity contribution in [2.24, 2.45) is 0 Å². The van der Waals surface area contributed by atoms with Gasteiger partial charge in [0.25, 0.3) is 5.91 Å². The molecule has 1 saturated carbocycles. The second-order valence-corrected chi connectivity index (χ2v) is 7.50. The van der Waals surface area contributed by atoms with Crippen LogP contribution in [-0.4, -0.2) is 35.3 Å². The van der Waals surface area contributed by atoms with E-state index in [-0.39, 0.29) is 17.1 Å². The van der Waals surface area contributed by atoms with Crippen molar-refractivity contribution in [2.45, 2.75) is 43.6 Å². The molecule has 1 amide bonds. The van der Waals surface area contributed by atoms with Gasteiger partial charge in [0.1, 0.15) is 11.5 Å². The van der Waals surface area contributed by atoms with E-state index in [1.54, 1.807) is 6.07 Å². The summed E-state index contributed by atoms with van der Waals surface area (Å²) in [6.07, 6.45) is 7.28. The Morgan fingerprint density at radius 3 is 2.73 bits per heavy atom. The number of nitrogens with zero attached hydrogens (tertiary/aromatic N) is 2. The molecule has 0 bridgehead atoms. The molecule has 1 atom stereocenters. The quantitative estimate of drug-likeness (QED) is 0.866. The van der Waals surface area contributed by atoms with Gasteiger partial charge in [-0.15, -0.1) is 0 Å². The van der Waals surface area contributed by atoms with Crippen LogP contribution in [0.25, 0.3) is 0 Å². The summed E-state index contributed by atoms with van der Waals surface area (Å²) in [7, 11) is 0. The number of benzene rings is 1. The molecule has 0 radical (unpaired) electrons. The van der Waals surface area contributed by atoms with Crippen LogP contribution in [0, 0.1) is 5.82 Å². The van der Waals surface area contributed by atoms with Crippen LogP contribution in [0.4, 0.5) is 4.39 Å². The Hall–Kier alpha value is -2.21. The summed E-state index contributed by atoms with van der Waals surface area (Å²) in [6.45, 7) is 2.52. The molecule has 4 rings (SSSR count).